The van der Waals surface area contributed by atoms with E-state index in [9.17, 15) is 44.3 Å². The molecule has 4 rings (SSSR count). The highest BCUT2D eigenvalue weighted by atomic mass is 19.4. The first-order valence-electron chi connectivity index (χ1n) is 15.8. The van der Waals surface area contributed by atoms with E-state index in [2.05, 4.69) is 4.74 Å². The molecular formula is C35H37F9N2O3. The first-order valence-corrected chi connectivity index (χ1v) is 15.8. The Hall–Kier alpha value is -4.10. The molecule has 0 saturated heterocycles. The van der Waals surface area contributed by atoms with E-state index in [0.717, 1.165) is 37.3 Å². The van der Waals surface area contributed by atoms with Crippen LogP contribution in [-0.4, -0.2) is 30.5 Å². The molecule has 0 amide bonds. The third kappa shape index (κ3) is 10.9. The fourth-order valence-corrected chi connectivity index (χ4v) is 6.30. The Balaban J connectivity index is 1.74. The van der Waals surface area contributed by atoms with E-state index >= 15 is 0 Å². The molecule has 0 spiro atoms. The van der Waals surface area contributed by atoms with Gasteiger partial charge in [-0.3, -0.25) is 4.79 Å². The number of anilines is 2. The predicted molar refractivity (Wildman–Crippen MR) is 166 cm³/mol. The Bertz CT molecular complexity index is 1530. The molecule has 268 valence electrons. The van der Waals surface area contributed by atoms with E-state index in [-0.39, 0.29) is 36.4 Å². The smallest absolute Gasteiger partial charge is 0.481 e. The number of hydrogen-bond acceptors (Lipinski definition) is 4. The lowest BCUT2D eigenvalue weighted by Crippen LogP contribution is -2.33. The third-order valence-corrected chi connectivity index (χ3v) is 8.70. The summed E-state index contributed by atoms with van der Waals surface area (Å²) in [6, 6.07) is 11.8. The van der Waals surface area contributed by atoms with Crippen molar-refractivity contribution in [1.82, 2.24) is 0 Å². The van der Waals surface area contributed by atoms with Crippen LogP contribution < -0.4 is 14.5 Å². The highest BCUT2D eigenvalue weighted by Gasteiger charge is 2.37. The Morgan fingerprint density at radius 1 is 0.776 bits per heavy atom. The van der Waals surface area contributed by atoms with E-state index < -0.39 is 48.1 Å². The van der Waals surface area contributed by atoms with E-state index in [4.69, 9.17) is 5.11 Å². The van der Waals surface area contributed by atoms with Crippen LogP contribution in [0.2, 0.25) is 0 Å². The number of benzene rings is 3. The van der Waals surface area contributed by atoms with E-state index in [0.29, 0.717) is 42.2 Å². The summed E-state index contributed by atoms with van der Waals surface area (Å²) in [5.74, 6) is -1.15. The van der Waals surface area contributed by atoms with Gasteiger partial charge in [0.2, 0.25) is 0 Å². The van der Waals surface area contributed by atoms with Crippen LogP contribution in [0.5, 0.6) is 5.75 Å². The third-order valence-electron chi connectivity index (χ3n) is 8.70. The average Bonchev–Trinajstić information content (AvgIpc) is 2.99. The molecule has 3 aromatic carbocycles. The minimum absolute atomic E-state index is 0.0457. The lowest BCUT2D eigenvalue weighted by Gasteiger charge is -2.35. The molecule has 1 fully saturated rings. The zero-order chi connectivity index (χ0) is 36.1. The van der Waals surface area contributed by atoms with E-state index in [1.807, 2.05) is 11.8 Å². The van der Waals surface area contributed by atoms with Gasteiger partial charge in [0.15, 0.2) is 0 Å². The highest BCUT2D eigenvalue weighted by molar-refractivity contribution is 5.67. The van der Waals surface area contributed by atoms with Crippen LogP contribution in [-0.2, 0) is 30.2 Å². The number of alkyl halides is 9. The summed E-state index contributed by atoms with van der Waals surface area (Å²) in [5, 5.41) is 9.15. The summed E-state index contributed by atoms with van der Waals surface area (Å²) < 4.78 is 126. The monoisotopic (exact) mass is 704 g/mol. The molecule has 0 bridgehead atoms. The van der Waals surface area contributed by atoms with Gasteiger partial charge in [0.05, 0.1) is 11.1 Å². The van der Waals surface area contributed by atoms with Crippen LogP contribution in [0.25, 0.3) is 0 Å². The van der Waals surface area contributed by atoms with Gasteiger partial charge in [-0.2, -0.15) is 26.3 Å². The van der Waals surface area contributed by atoms with Gasteiger partial charge in [-0.1, -0.05) is 17.7 Å². The van der Waals surface area contributed by atoms with Crippen molar-refractivity contribution < 1.29 is 54.2 Å². The predicted octanol–water partition coefficient (Wildman–Crippen LogP) is 10.2. The van der Waals surface area contributed by atoms with E-state index in [1.165, 1.54) is 17.0 Å². The maximum Gasteiger partial charge on any atom is 0.573 e. The molecule has 5 nitrogen and oxygen atoms in total. The Morgan fingerprint density at radius 3 is 1.86 bits per heavy atom. The fourth-order valence-electron chi connectivity index (χ4n) is 6.30. The van der Waals surface area contributed by atoms with Crippen molar-refractivity contribution in [2.75, 3.05) is 22.9 Å². The van der Waals surface area contributed by atoms with Gasteiger partial charge in [-0.05, 0) is 111 Å². The van der Waals surface area contributed by atoms with Crippen molar-refractivity contribution in [2.45, 2.75) is 77.8 Å². The molecule has 1 N–H and O–H groups in total. The molecule has 3 aromatic rings. The second-order valence-corrected chi connectivity index (χ2v) is 12.5. The largest absolute Gasteiger partial charge is 0.573 e. The number of rotatable bonds is 12. The Morgan fingerprint density at radius 2 is 1.35 bits per heavy atom. The van der Waals surface area contributed by atoms with Crippen molar-refractivity contribution in [1.29, 1.82) is 0 Å². The van der Waals surface area contributed by atoms with Gasteiger partial charge < -0.3 is 19.6 Å². The number of carboxylic acid groups (broad SMARTS) is 1. The maximum absolute atomic E-state index is 13.7. The second-order valence-electron chi connectivity index (χ2n) is 12.5. The van der Waals surface area contributed by atoms with Crippen molar-refractivity contribution in [3.63, 3.8) is 0 Å². The number of carboxylic acids is 1. The van der Waals surface area contributed by atoms with Crippen molar-refractivity contribution in [2.24, 2.45) is 11.8 Å². The molecule has 0 atom stereocenters. The second kappa shape index (κ2) is 15.2. The maximum atomic E-state index is 13.7. The lowest BCUT2D eigenvalue weighted by atomic mass is 9.80. The molecule has 1 aliphatic rings. The average molecular weight is 705 g/mol. The summed E-state index contributed by atoms with van der Waals surface area (Å²) in [6.07, 6.45) is -12.1. The minimum atomic E-state index is -5.06. The van der Waals surface area contributed by atoms with Gasteiger partial charge in [0, 0.05) is 44.0 Å². The molecule has 0 radical (unpaired) electrons. The van der Waals surface area contributed by atoms with Crippen molar-refractivity contribution in [3.8, 4) is 5.75 Å². The van der Waals surface area contributed by atoms with Crippen LogP contribution in [0.1, 0.15) is 66.8 Å². The molecule has 0 aliphatic heterocycles. The highest BCUT2D eigenvalue weighted by Crippen LogP contribution is 2.39. The molecule has 1 aliphatic carbocycles. The standard InChI is InChI=1S/C35H37F9N2O3/c1-3-45(19-24-8-6-23(7-9-24)16-32(47)48)31-13-12-30(49-35(42,43)44)17-26(31)21-46(29-10-4-22(2)5-11-29)20-25-14-27(33(36,37)38)18-28(15-25)34(39,40)41/h4-5,10-15,17-18,23-24H,3,6-9,16,19-21H2,1-2H3,(H,47,48)/t23-,24-. The van der Waals surface area contributed by atoms with Crippen LogP contribution in [0.3, 0.4) is 0 Å². The molecule has 0 unspecified atom stereocenters. The molecular weight excluding hydrogens is 667 g/mol. The SMILES string of the molecule is CCN(C[C@H]1CC[C@H](CC(=O)O)CC1)c1ccc(OC(F)(F)F)cc1CN(Cc1cc(C(F)(F)F)cc(C(F)(F)F)c1)c1ccc(C)cc1. The first-order chi connectivity index (χ1) is 22.8. The van der Waals surface area contributed by atoms with Gasteiger partial charge in [-0.15, -0.1) is 13.2 Å². The summed E-state index contributed by atoms with van der Waals surface area (Å²) in [6.45, 7) is 3.98. The minimum Gasteiger partial charge on any atom is -0.481 e. The van der Waals surface area contributed by atoms with Crippen LogP contribution in [0.15, 0.2) is 60.7 Å². The Kier molecular flexibility index (Phi) is 11.7. The normalized spacial score (nSPS) is 17.1. The van der Waals surface area contributed by atoms with Crippen LogP contribution in [0.4, 0.5) is 50.9 Å². The van der Waals surface area contributed by atoms with Crippen molar-refractivity contribution >= 4 is 17.3 Å². The lowest BCUT2D eigenvalue weighted by molar-refractivity contribution is -0.274. The van der Waals surface area contributed by atoms with Gasteiger partial charge in [0.1, 0.15) is 5.75 Å². The number of halogens is 9. The zero-order valence-electron chi connectivity index (χ0n) is 26.9. The van der Waals surface area contributed by atoms with Gasteiger partial charge >= 0.3 is 24.7 Å². The van der Waals surface area contributed by atoms with E-state index in [1.54, 1.807) is 31.2 Å². The van der Waals surface area contributed by atoms with Crippen LogP contribution in [0, 0.1) is 18.8 Å². The number of aliphatic carboxylic acids is 1. The molecule has 0 heterocycles. The fraction of sp³-hybridized carbons (Fsp3) is 0.457. The van der Waals surface area contributed by atoms with Gasteiger partial charge in [0.25, 0.3) is 0 Å². The summed E-state index contributed by atoms with van der Waals surface area (Å²) in [4.78, 5) is 14.6. The quantitative estimate of drug-likeness (QED) is 0.190. The number of hydrogen-bond donors (Lipinski definition) is 1. The first kappa shape index (κ1) is 37.7. The number of ether oxygens (including phenoxy) is 1. The van der Waals surface area contributed by atoms with Crippen LogP contribution >= 0.6 is 0 Å². The number of nitrogens with zero attached hydrogens (tertiary/aromatic N) is 2. The summed E-state index contributed by atoms with van der Waals surface area (Å²) in [7, 11) is 0. The molecule has 49 heavy (non-hydrogen) atoms. The number of carbonyl (C=O) groups is 1. The molecule has 0 aromatic heterocycles. The zero-order valence-corrected chi connectivity index (χ0v) is 26.9. The molecule has 1 saturated carbocycles. The van der Waals surface area contributed by atoms with Gasteiger partial charge in [-0.25, -0.2) is 0 Å². The van der Waals surface area contributed by atoms with Crippen molar-refractivity contribution in [3.05, 3.63) is 88.5 Å². The topological polar surface area (TPSA) is 53.0 Å². The summed E-state index contributed by atoms with van der Waals surface area (Å²) >= 11 is 0. The number of aryl methyl sites for hydroxylation is 1. The molecule has 14 heteroatoms. The summed E-state index contributed by atoms with van der Waals surface area (Å²) in [5.41, 5.74) is -1.15. The Labute approximate surface area is 278 Å².